The number of carboxylic acid groups (broad SMARTS) is 2. The van der Waals surface area contributed by atoms with Gasteiger partial charge in [0.1, 0.15) is 51.8 Å². The van der Waals surface area contributed by atoms with Gasteiger partial charge in [0.25, 0.3) is 12.9 Å². The number of pyridine rings is 2. The lowest BCUT2D eigenvalue weighted by Gasteiger charge is -2.38. The average Bonchev–Trinajstić information content (AvgIpc) is 1.74. The third-order valence-electron chi connectivity index (χ3n) is 17.8. The van der Waals surface area contributed by atoms with Crippen molar-refractivity contribution in [2.75, 3.05) is 127 Å². The highest BCUT2D eigenvalue weighted by molar-refractivity contribution is 7.74. The van der Waals surface area contributed by atoms with Crippen molar-refractivity contribution in [3.63, 3.8) is 0 Å². The number of nitrogens with one attached hydrogen (secondary N) is 1. The fourth-order valence-electron chi connectivity index (χ4n) is 12.9. The Morgan fingerprint density at radius 2 is 0.881 bits per heavy atom. The van der Waals surface area contributed by atoms with Gasteiger partial charge >= 0.3 is 27.1 Å². The average molecular weight is 1600 g/mol. The number of rotatable bonds is 32. The molecule has 2 saturated carbocycles. The molecule has 1 amide bonds. The Balaban J connectivity index is 0.000000228. The molecule has 2 atom stereocenters. The summed E-state index contributed by atoms with van der Waals surface area (Å²) >= 11 is 0. The highest BCUT2D eigenvalue weighted by Gasteiger charge is 2.37. The predicted octanol–water partition coefficient (Wildman–Crippen LogP) is 14.1. The highest BCUT2D eigenvalue weighted by Crippen LogP contribution is 2.62. The standard InChI is InChI=1S/C29H30FN3O6.C17H18FN3O3.C13H16O3.2C8H20O5P2/c1-29(2,21-5-3-4-6-25(21)39-17-34)15-26(35)32-11-9-31(10-12-32)24-14-23-19(13-22(24)30)27(36)20(28(37)38)16-33(23)18-7-8-18;18-13-7-11-14(8-15(13)20-5-3-19-4-6-20)21(10-1-2-10)9-12(16(11)22)17(23)24;1-10(15)8-13(2,3)11-6-4-5-7-12(11)16-9-14;2*1-5-11-14(4,9)8-15(10,12-6-2)13-7-3/h3-6,13-14,16-18H,7-12,15H2,1-2H3,(H,37,38);7-10,19H,1-6H2,(H,23,24);4-7,9H,8H2,1-3H3;2*5-8H2,1-4H3. The molecule has 4 aromatic carbocycles. The van der Waals surface area contributed by atoms with Gasteiger partial charge in [-0.15, -0.1) is 0 Å². The Bertz CT molecular complexity index is 4440. The van der Waals surface area contributed by atoms with Crippen molar-refractivity contribution in [2.24, 2.45) is 0 Å². The summed E-state index contributed by atoms with van der Waals surface area (Å²) in [6, 6.07) is 20.3. The van der Waals surface area contributed by atoms with Crippen LogP contribution in [0.5, 0.6) is 11.5 Å². The number of hydrogen-bond acceptors (Lipinski definition) is 23. The van der Waals surface area contributed by atoms with Gasteiger partial charge in [-0.2, -0.15) is 0 Å². The summed E-state index contributed by atoms with van der Waals surface area (Å²) in [5.41, 5.74) is 0.659. The van der Waals surface area contributed by atoms with Crippen molar-refractivity contribution in [3.8, 4) is 11.5 Å². The van der Waals surface area contributed by atoms with Crippen LogP contribution in [0.3, 0.4) is 0 Å². The Morgan fingerprint density at radius 3 is 1.21 bits per heavy atom. The van der Waals surface area contributed by atoms with Crippen LogP contribution in [0.15, 0.2) is 94.8 Å². The molecule has 34 heteroatoms. The SMILES string of the molecule is CC(=O)CC(C)(C)c1ccccc1OC=O.CC(C)(CC(=O)N1CCN(c2cc3c(cc2F)c(=O)c(C(=O)O)cn3C2CC2)CC1)c1ccccc1OC=O.CCOP(C)(=O)CP(=O)(OCC)OCC.CCOP(C)(=O)CP(=O)(OCC)OCC.O=C(O)c1cn(C2CC2)c2cc(N3CCNCC3)c(F)cc2c1=O. The first kappa shape index (κ1) is 90.3. The van der Waals surface area contributed by atoms with Crippen molar-refractivity contribution in [1.29, 1.82) is 0 Å². The Hall–Kier alpha value is -7.58. The minimum atomic E-state index is -3.26. The molecule has 4 fully saturated rings. The number of anilines is 2. The normalized spacial score (nSPS) is 15.8. The van der Waals surface area contributed by atoms with Crippen molar-refractivity contribution in [1.82, 2.24) is 19.4 Å². The molecule has 2 unspecified atom stereocenters. The molecule has 2 aliphatic carbocycles. The monoisotopic (exact) mass is 1600 g/mol. The zero-order valence-electron chi connectivity index (χ0n) is 64.3. The molecule has 600 valence electrons. The van der Waals surface area contributed by atoms with E-state index in [9.17, 15) is 71.2 Å². The number of Topliss-reactive ketones (excluding diaryl/α,β-unsaturated/α-hetero) is 1. The van der Waals surface area contributed by atoms with Crippen LogP contribution in [0.2, 0.25) is 0 Å². The van der Waals surface area contributed by atoms with E-state index in [0.29, 0.717) is 106 Å². The summed E-state index contributed by atoms with van der Waals surface area (Å²) in [5, 5.41) is 22.1. The van der Waals surface area contributed by atoms with Crippen LogP contribution in [-0.4, -0.2) is 178 Å². The van der Waals surface area contributed by atoms with E-state index < -0.39 is 69.8 Å². The van der Waals surface area contributed by atoms with Gasteiger partial charge in [0.15, 0.2) is 0 Å². The van der Waals surface area contributed by atoms with Crippen LogP contribution in [0.4, 0.5) is 20.2 Å². The van der Waals surface area contributed by atoms with Crippen LogP contribution in [0.1, 0.15) is 159 Å². The second-order valence-electron chi connectivity index (χ2n) is 27.7. The third kappa shape index (κ3) is 25.7. The Labute approximate surface area is 634 Å². The maximum atomic E-state index is 15.3. The molecule has 109 heavy (non-hydrogen) atoms. The van der Waals surface area contributed by atoms with Gasteiger partial charge < -0.3 is 76.0 Å². The van der Waals surface area contributed by atoms with Crippen LogP contribution >= 0.6 is 29.9 Å². The number of ketones is 1. The number of hydrogen-bond donors (Lipinski definition) is 3. The van der Waals surface area contributed by atoms with E-state index in [1.54, 1.807) is 94.3 Å². The Morgan fingerprint density at radius 1 is 0.532 bits per heavy atom. The number of nitrogens with zero attached hydrogens (tertiary/aromatic N) is 5. The smallest absolute Gasteiger partial charge is 0.341 e. The number of fused-ring (bicyclic) bond motifs is 2. The quantitative estimate of drug-likeness (QED) is 0.0261. The first-order valence-corrected chi connectivity index (χ1v) is 44.2. The topological polar surface area (TPSA) is 351 Å². The largest absolute Gasteiger partial charge is 0.477 e. The molecule has 3 N–H and O–H groups in total. The molecule has 0 radical (unpaired) electrons. The number of amides is 1. The van der Waals surface area contributed by atoms with Crippen molar-refractivity contribution in [3.05, 3.63) is 140 Å². The van der Waals surface area contributed by atoms with Crippen LogP contribution < -0.4 is 35.4 Å². The van der Waals surface area contributed by atoms with E-state index in [1.807, 2.05) is 66.3 Å². The van der Waals surface area contributed by atoms with Crippen molar-refractivity contribution in [2.45, 2.75) is 138 Å². The number of carbonyl (C=O) groups excluding carboxylic acids is 4. The number of ether oxygens (including phenoxy) is 2. The van der Waals surface area contributed by atoms with Gasteiger partial charge in [0, 0.05) is 136 Å². The number of benzene rings is 4. The zero-order chi connectivity index (χ0) is 80.8. The summed E-state index contributed by atoms with van der Waals surface area (Å²) in [4.78, 5) is 99.4. The molecular weight excluding hydrogens is 1500 g/mol. The molecule has 0 spiro atoms. The lowest BCUT2D eigenvalue weighted by molar-refractivity contribution is -0.132. The van der Waals surface area contributed by atoms with Crippen LogP contribution in [-0.2, 0) is 75.4 Å². The second-order valence-corrected chi connectivity index (χ2v) is 38.0. The van der Waals surface area contributed by atoms with E-state index in [0.717, 1.165) is 56.0 Å². The minimum absolute atomic E-state index is 0.0525. The first-order chi connectivity index (χ1) is 51.4. The molecule has 2 aliphatic heterocycles. The minimum Gasteiger partial charge on any atom is -0.477 e. The number of aromatic carboxylic acids is 2. The van der Waals surface area contributed by atoms with Crippen molar-refractivity contribution >= 4 is 99.7 Å². The summed E-state index contributed by atoms with van der Waals surface area (Å²) in [6.45, 7) is 29.6. The summed E-state index contributed by atoms with van der Waals surface area (Å²) < 4.78 is 121. The van der Waals surface area contributed by atoms with E-state index >= 15 is 4.39 Å². The summed E-state index contributed by atoms with van der Waals surface area (Å²) in [6.07, 6.45) is 7.02. The van der Waals surface area contributed by atoms with Gasteiger partial charge in [-0.25, -0.2) is 18.4 Å². The molecule has 4 aliphatic rings. The number of aromatic nitrogens is 2. The Kier molecular flexibility index (Phi) is 33.6. The number of piperazine rings is 2. The molecule has 2 aromatic heterocycles. The first-order valence-electron chi connectivity index (χ1n) is 36.2. The molecule has 2 saturated heterocycles. The van der Waals surface area contributed by atoms with Gasteiger partial charge in [-0.1, -0.05) is 64.1 Å². The van der Waals surface area contributed by atoms with Crippen molar-refractivity contribution < 1.29 is 103 Å². The molecule has 28 nitrogen and oxygen atoms in total. The van der Waals surface area contributed by atoms with E-state index in [-0.39, 0.29) is 95.7 Å². The predicted molar refractivity (Wildman–Crippen MR) is 415 cm³/mol. The highest BCUT2D eigenvalue weighted by atomic mass is 31.2. The van der Waals surface area contributed by atoms with Gasteiger partial charge in [-0.3, -0.25) is 47.0 Å². The molecule has 0 bridgehead atoms. The summed E-state index contributed by atoms with van der Waals surface area (Å²) in [7, 11) is -12.3. The van der Waals surface area contributed by atoms with Crippen LogP contribution in [0.25, 0.3) is 21.8 Å². The molecule has 4 heterocycles. The lowest BCUT2D eigenvalue weighted by Crippen LogP contribution is -2.50. The fraction of sp³-hybridized carbons (Fsp3) is 0.520. The molecule has 10 rings (SSSR count). The lowest BCUT2D eigenvalue weighted by atomic mass is 9.80. The maximum Gasteiger partial charge on any atom is 0.341 e. The fourth-order valence-corrected chi connectivity index (χ4v) is 22.7. The zero-order valence-corrected chi connectivity index (χ0v) is 67.9. The molecular formula is C75H104F2N6O22P4. The van der Waals surface area contributed by atoms with E-state index in [1.165, 1.54) is 31.8 Å². The summed E-state index contributed by atoms with van der Waals surface area (Å²) in [5.74, 6) is -3.00. The van der Waals surface area contributed by atoms with E-state index in [4.69, 9.17) is 36.6 Å². The maximum absolute atomic E-state index is 15.3. The second kappa shape index (κ2) is 40.6. The number of halogens is 2. The van der Waals surface area contributed by atoms with Gasteiger partial charge in [-0.05, 0) is 111 Å². The number of carboxylic acids is 2. The van der Waals surface area contributed by atoms with Gasteiger partial charge in [0.2, 0.25) is 31.5 Å². The third-order valence-corrected chi connectivity index (χ3v) is 28.9. The molecule has 6 aromatic rings. The van der Waals surface area contributed by atoms with E-state index in [2.05, 4.69) is 5.32 Å². The van der Waals surface area contributed by atoms with Crippen LogP contribution in [0, 0.1) is 11.6 Å². The number of carbonyl (C=O) groups is 6. The van der Waals surface area contributed by atoms with Gasteiger partial charge in [0.05, 0.1) is 62.0 Å². The number of para-hydroxylation sites is 2.